The summed E-state index contributed by atoms with van der Waals surface area (Å²) < 4.78 is 30.0. The number of esters is 3. The van der Waals surface area contributed by atoms with Crippen molar-refractivity contribution in [3.05, 3.63) is 111 Å². The first-order valence-corrected chi connectivity index (χ1v) is 19.7. The molecule has 4 N–H and O–H groups in total. The molecule has 0 bridgehead atoms. The van der Waals surface area contributed by atoms with Gasteiger partial charge in [-0.05, 0) is 56.2 Å². The Balaban J connectivity index is 1.52. The molecule has 4 aromatic rings. The maximum absolute atomic E-state index is 14.4. The fourth-order valence-corrected chi connectivity index (χ4v) is 8.17. The zero-order chi connectivity index (χ0) is 39.0. The number of benzene rings is 2. The highest BCUT2D eigenvalue weighted by atomic mass is 32.9. The van der Waals surface area contributed by atoms with Crippen LogP contribution in [0.25, 0.3) is 11.1 Å². The predicted molar refractivity (Wildman–Crippen MR) is 209 cm³/mol. The highest BCUT2D eigenvalue weighted by molar-refractivity contribution is 7.79. The van der Waals surface area contributed by atoms with Crippen molar-refractivity contribution in [2.75, 3.05) is 19.7 Å². The first kappa shape index (κ1) is 40.5. The second-order valence-electron chi connectivity index (χ2n) is 12.6. The van der Waals surface area contributed by atoms with Crippen LogP contribution in [0.4, 0.5) is 0 Å². The number of aromatic nitrogens is 2. The molecule has 0 radical (unpaired) electrons. The average Bonchev–Trinajstić information content (AvgIpc) is 3.91. The van der Waals surface area contributed by atoms with E-state index in [0.29, 0.717) is 29.3 Å². The number of aryl methyl sites for hydroxylation is 3. The van der Waals surface area contributed by atoms with Gasteiger partial charge in [0.25, 0.3) is 0 Å². The zero-order valence-corrected chi connectivity index (χ0v) is 32.7. The number of hydrogen-bond acceptors (Lipinski definition) is 15. The van der Waals surface area contributed by atoms with Gasteiger partial charge in [-0.1, -0.05) is 63.2 Å². The lowest BCUT2D eigenvalue weighted by Gasteiger charge is -2.34. The standard InChI is InChI=1S/C39H42N4O8S3/c1-6-14-39(15-7-2,35-24(5)42-22(3)23(4)43-35)51-37(46)31(50-36(45)27-11-9-26(10-12-27)28-21-53-54-38(28)52)17-25-8-13-29(49-34(44)19-41)30(16-25)48-32(18-40)33-20-47-33/h6-13,16,21,31-33H,1-2,14-15,17-20,40-41H2,3-5H3. The van der Waals surface area contributed by atoms with Gasteiger partial charge < -0.3 is 35.2 Å². The molecule has 3 heterocycles. The van der Waals surface area contributed by atoms with Crippen LogP contribution < -0.4 is 20.9 Å². The SMILES string of the molecule is C=CCC(CC=C)(OC(=O)C(Cc1ccc(OC(=O)CN)c(OC(CN)C2CO2)c1)OC(=O)c1ccc(-c2cssc2=S)cc1)c1nc(C)c(C)nc1C. The van der Waals surface area contributed by atoms with Crippen LogP contribution in [0, 0.1) is 24.6 Å². The Morgan fingerprint density at radius 3 is 2.30 bits per heavy atom. The zero-order valence-electron chi connectivity index (χ0n) is 30.2. The van der Waals surface area contributed by atoms with Gasteiger partial charge in [-0.3, -0.25) is 14.8 Å². The third-order valence-corrected chi connectivity index (χ3v) is 11.4. The van der Waals surface area contributed by atoms with Gasteiger partial charge >= 0.3 is 17.9 Å². The minimum atomic E-state index is -1.47. The van der Waals surface area contributed by atoms with Crippen LogP contribution in [-0.2, 0) is 35.8 Å². The van der Waals surface area contributed by atoms with E-state index in [1.54, 1.807) is 55.5 Å². The van der Waals surface area contributed by atoms with Gasteiger partial charge in [0.05, 0.1) is 35.8 Å². The monoisotopic (exact) mass is 790 g/mol. The summed E-state index contributed by atoms with van der Waals surface area (Å²) in [6, 6.07) is 11.5. The molecule has 2 aromatic heterocycles. The van der Waals surface area contributed by atoms with Crippen LogP contribution in [0.3, 0.4) is 0 Å². The minimum Gasteiger partial charge on any atom is -0.482 e. The topological polar surface area (TPSA) is 178 Å². The van der Waals surface area contributed by atoms with Crippen LogP contribution in [0.15, 0.2) is 73.2 Å². The lowest BCUT2D eigenvalue weighted by Crippen LogP contribution is -2.40. The lowest BCUT2D eigenvalue weighted by molar-refractivity contribution is -0.172. The molecule has 284 valence electrons. The number of ether oxygens (including phenoxy) is 5. The molecule has 3 atom stereocenters. The number of nitrogens with two attached hydrogens (primary N) is 2. The fraction of sp³-hybridized carbons (Fsp3) is 0.333. The summed E-state index contributed by atoms with van der Waals surface area (Å²) >= 11 is 5.44. The summed E-state index contributed by atoms with van der Waals surface area (Å²) in [5.41, 5.74) is 14.9. The molecule has 1 aliphatic rings. The molecule has 3 unspecified atom stereocenters. The minimum absolute atomic E-state index is 0.0953. The van der Waals surface area contributed by atoms with E-state index >= 15 is 0 Å². The highest BCUT2D eigenvalue weighted by Gasteiger charge is 2.41. The number of nitrogens with zero attached hydrogens (tertiary/aromatic N) is 2. The maximum Gasteiger partial charge on any atom is 0.348 e. The number of carbonyl (C=O) groups excluding carboxylic acids is 3. The van der Waals surface area contributed by atoms with Crippen LogP contribution in [0.1, 0.15) is 51.5 Å². The van der Waals surface area contributed by atoms with E-state index in [-0.39, 0.29) is 55.5 Å². The van der Waals surface area contributed by atoms with Crippen molar-refractivity contribution in [3.63, 3.8) is 0 Å². The number of carbonyl (C=O) groups is 3. The Labute approximate surface area is 326 Å². The molecule has 5 rings (SSSR count). The first-order chi connectivity index (χ1) is 25.9. The summed E-state index contributed by atoms with van der Waals surface area (Å²) in [6.45, 7) is 13.5. The van der Waals surface area contributed by atoms with Crippen molar-refractivity contribution < 1.29 is 38.1 Å². The van der Waals surface area contributed by atoms with Crippen molar-refractivity contribution in [3.8, 4) is 22.6 Å². The second-order valence-corrected chi connectivity index (χ2v) is 15.4. The predicted octanol–water partition coefficient (Wildman–Crippen LogP) is 6.25. The summed E-state index contributed by atoms with van der Waals surface area (Å²) in [7, 11) is 3.02. The molecule has 1 fully saturated rings. The Kier molecular flexibility index (Phi) is 13.6. The largest absolute Gasteiger partial charge is 0.482 e. The van der Waals surface area contributed by atoms with Crippen molar-refractivity contribution in [2.45, 2.75) is 63.9 Å². The summed E-state index contributed by atoms with van der Waals surface area (Å²) in [5.74, 6) is -2.02. The molecule has 2 aromatic carbocycles. The Bertz CT molecular complexity index is 2070. The summed E-state index contributed by atoms with van der Waals surface area (Å²) in [4.78, 5) is 49.8. The quantitative estimate of drug-likeness (QED) is 0.0289. The van der Waals surface area contributed by atoms with Crippen LogP contribution >= 0.6 is 32.9 Å². The van der Waals surface area contributed by atoms with Gasteiger partial charge in [0, 0.05) is 36.8 Å². The van der Waals surface area contributed by atoms with Gasteiger partial charge in [0.2, 0.25) is 6.10 Å². The molecule has 1 aliphatic heterocycles. The second kappa shape index (κ2) is 18.1. The van der Waals surface area contributed by atoms with E-state index in [4.69, 9.17) is 52.4 Å². The molecule has 0 spiro atoms. The molecule has 0 amide bonds. The number of hydrogen-bond donors (Lipinski definition) is 2. The van der Waals surface area contributed by atoms with Crippen LogP contribution in [-0.4, -0.2) is 65.9 Å². The molecule has 54 heavy (non-hydrogen) atoms. The van der Waals surface area contributed by atoms with Crippen LogP contribution in [0.2, 0.25) is 0 Å². The average molecular weight is 791 g/mol. The molecule has 0 aliphatic carbocycles. The van der Waals surface area contributed by atoms with Gasteiger partial charge in [-0.2, -0.15) is 0 Å². The highest BCUT2D eigenvalue weighted by Crippen LogP contribution is 2.37. The van der Waals surface area contributed by atoms with E-state index in [9.17, 15) is 14.4 Å². The van der Waals surface area contributed by atoms with E-state index in [0.717, 1.165) is 20.6 Å². The Hall–Kier alpha value is -4.64. The van der Waals surface area contributed by atoms with Gasteiger partial charge in [0.1, 0.15) is 21.7 Å². The number of rotatable bonds is 18. The smallest absolute Gasteiger partial charge is 0.348 e. The number of epoxide rings is 1. The third-order valence-electron chi connectivity index (χ3n) is 8.71. The van der Waals surface area contributed by atoms with Crippen molar-refractivity contribution in [1.29, 1.82) is 0 Å². The van der Waals surface area contributed by atoms with Crippen LogP contribution in [0.5, 0.6) is 11.5 Å². The third kappa shape index (κ3) is 9.71. The molecule has 15 heteroatoms. The first-order valence-electron chi connectivity index (χ1n) is 17.1. The maximum atomic E-state index is 14.4. The van der Waals surface area contributed by atoms with Gasteiger partial charge in [-0.15, -0.1) is 13.2 Å². The van der Waals surface area contributed by atoms with E-state index in [1.165, 1.54) is 26.7 Å². The van der Waals surface area contributed by atoms with E-state index < -0.39 is 35.7 Å². The van der Waals surface area contributed by atoms with E-state index in [2.05, 4.69) is 18.1 Å². The normalized spacial score (nSPS) is 14.7. The van der Waals surface area contributed by atoms with Crippen molar-refractivity contribution in [2.24, 2.45) is 11.5 Å². The Morgan fingerprint density at radius 1 is 1.02 bits per heavy atom. The van der Waals surface area contributed by atoms with Gasteiger partial charge in [-0.25, -0.2) is 9.59 Å². The summed E-state index contributed by atoms with van der Waals surface area (Å²) in [5, 5.41) is 1.96. The molecule has 0 saturated carbocycles. The lowest BCUT2D eigenvalue weighted by atomic mass is 9.89. The molecular formula is C39H42N4O8S3. The molecule has 1 saturated heterocycles. The van der Waals surface area contributed by atoms with Crippen molar-refractivity contribution in [1.82, 2.24) is 9.97 Å². The summed E-state index contributed by atoms with van der Waals surface area (Å²) in [6.07, 6.45) is 1.20. The van der Waals surface area contributed by atoms with E-state index in [1.807, 2.05) is 19.2 Å². The van der Waals surface area contributed by atoms with Gasteiger partial charge in [0.15, 0.2) is 17.1 Å². The van der Waals surface area contributed by atoms with Crippen molar-refractivity contribution >= 4 is 50.8 Å². The molecular weight excluding hydrogens is 749 g/mol. The molecule has 12 nitrogen and oxygen atoms in total. The fourth-order valence-electron chi connectivity index (χ4n) is 5.77. The Morgan fingerprint density at radius 2 is 1.70 bits per heavy atom.